The monoisotopic (exact) mass is 267 g/mol. The Balaban J connectivity index is 1.74. The zero-order valence-electron chi connectivity index (χ0n) is 12.2. The largest absolute Gasteiger partial charge is 0.339 e. The van der Waals surface area contributed by atoms with Gasteiger partial charge in [-0.15, -0.1) is 0 Å². The Morgan fingerprint density at radius 1 is 1.32 bits per heavy atom. The average molecular weight is 267 g/mol. The molecule has 6 heteroatoms. The molecule has 1 aliphatic heterocycles. The van der Waals surface area contributed by atoms with Gasteiger partial charge < -0.3 is 19.6 Å². The van der Waals surface area contributed by atoms with E-state index in [1.165, 1.54) is 0 Å². The normalized spacial score (nSPS) is 19.7. The van der Waals surface area contributed by atoms with Gasteiger partial charge >= 0.3 is 0 Å². The smallest absolute Gasteiger partial charge is 0.228 e. The number of likely N-dealkylation sites (N-methyl/N-ethyl adjacent to an activating group) is 2. The molecule has 108 valence electrons. The molecule has 0 aromatic carbocycles. The number of piperazine rings is 1. The van der Waals surface area contributed by atoms with Gasteiger partial charge in [0, 0.05) is 51.6 Å². The summed E-state index contributed by atoms with van der Waals surface area (Å²) in [6.07, 6.45) is 1.67. The Hall–Kier alpha value is -0.980. The molecule has 0 radical (unpaired) electrons. The summed E-state index contributed by atoms with van der Waals surface area (Å²) in [5.41, 5.74) is 0. The molecule has 1 atom stereocenters. The zero-order valence-corrected chi connectivity index (χ0v) is 12.2. The fourth-order valence-corrected chi connectivity index (χ4v) is 2.17. The van der Waals surface area contributed by atoms with Gasteiger partial charge in [-0.25, -0.2) is 0 Å². The molecule has 1 saturated heterocycles. The average Bonchev–Trinajstić information content (AvgIpc) is 2.85. The Labute approximate surface area is 115 Å². The molecule has 2 rings (SSSR count). The molecule has 0 bridgehead atoms. The highest BCUT2D eigenvalue weighted by Crippen LogP contribution is 2.04. The molecule has 0 amide bonds. The van der Waals surface area contributed by atoms with E-state index >= 15 is 0 Å². The highest BCUT2D eigenvalue weighted by atomic mass is 16.5. The molecule has 19 heavy (non-hydrogen) atoms. The van der Waals surface area contributed by atoms with E-state index in [-0.39, 0.29) is 0 Å². The summed E-state index contributed by atoms with van der Waals surface area (Å²) in [5, 5.41) is 7.22. The van der Waals surface area contributed by atoms with Crippen LogP contribution in [0.4, 0.5) is 0 Å². The van der Waals surface area contributed by atoms with Crippen molar-refractivity contribution in [2.24, 2.45) is 0 Å². The van der Waals surface area contributed by atoms with Crippen LogP contribution < -0.4 is 5.32 Å². The molecule has 1 aromatic rings. The van der Waals surface area contributed by atoms with Crippen LogP contribution in [-0.2, 0) is 12.8 Å². The maximum atomic E-state index is 5.27. The third-order valence-corrected chi connectivity index (χ3v) is 3.73. The van der Waals surface area contributed by atoms with Crippen molar-refractivity contribution in [1.82, 2.24) is 25.3 Å². The number of hydrogen-bond donors (Lipinski definition) is 1. The minimum Gasteiger partial charge on any atom is -0.339 e. The number of nitrogens with zero attached hydrogens (tertiary/aromatic N) is 4. The van der Waals surface area contributed by atoms with Gasteiger partial charge in [0.2, 0.25) is 5.89 Å². The summed E-state index contributed by atoms with van der Waals surface area (Å²) >= 11 is 0. The fraction of sp³-hybridized carbons (Fsp3) is 0.846. The Morgan fingerprint density at radius 2 is 2.05 bits per heavy atom. The number of aromatic nitrogens is 2. The van der Waals surface area contributed by atoms with Crippen LogP contribution >= 0.6 is 0 Å². The van der Waals surface area contributed by atoms with E-state index in [4.69, 9.17) is 4.52 Å². The summed E-state index contributed by atoms with van der Waals surface area (Å²) < 4.78 is 5.27. The van der Waals surface area contributed by atoms with Gasteiger partial charge in [0.05, 0.1) is 0 Å². The highest BCUT2D eigenvalue weighted by molar-refractivity contribution is 4.89. The van der Waals surface area contributed by atoms with Gasteiger partial charge in [0.15, 0.2) is 5.82 Å². The minimum absolute atomic E-state index is 0.367. The molecule has 1 aliphatic rings. The molecular weight excluding hydrogens is 242 g/mol. The molecule has 0 saturated carbocycles. The predicted molar refractivity (Wildman–Crippen MR) is 74.2 cm³/mol. The minimum atomic E-state index is 0.367. The summed E-state index contributed by atoms with van der Waals surface area (Å²) in [7, 11) is 4.11. The highest BCUT2D eigenvalue weighted by Gasteiger charge is 2.15. The second-order valence-electron chi connectivity index (χ2n) is 5.39. The second-order valence-corrected chi connectivity index (χ2v) is 5.39. The summed E-state index contributed by atoms with van der Waals surface area (Å²) in [6, 6.07) is 0.367. The molecule has 1 fully saturated rings. The lowest BCUT2D eigenvalue weighted by atomic mass is 10.2. The van der Waals surface area contributed by atoms with E-state index in [2.05, 4.69) is 39.2 Å². The number of hydrogen-bond acceptors (Lipinski definition) is 6. The maximum Gasteiger partial charge on any atom is 0.228 e. The maximum absolute atomic E-state index is 5.27. The fourth-order valence-electron chi connectivity index (χ4n) is 2.17. The van der Waals surface area contributed by atoms with Gasteiger partial charge in [0.25, 0.3) is 0 Å². The van der Waals surface area contributed by atoms with E-state index in [1.807, 2.05) is 7.05 Å². The van der Waals surface area contributed by atoms with E-state index < -0.39 is 0 Å². The predicted octanol–water partition coefficient (Wildman–Crippen LogP) is 0.00990. The van der Waals surface area contributed by atoms with Crippen molar-refractivity contribution in [2.75, 3.05) is 46.8 Å². The lowest BCUT2D eigenvalue weighted by Crippen LogP contribution is -2.45. The van der Waals surface area contributed by atoms with Gasteiger partial charge in [-0.05, 0) is 21.0 Å². The third-order valence-electron chi connectivity index (χ3n) is 3.73. The Bertz CT molecular complexity index is 373. The van der Waals surface area contributed by atoms with Crippen LogP contribution in [0.1, 0.15) is 18.6 Å². The van der Waals surface area contributed by atoms with Crippen LogP contribution in [0.5, 0.6) is 0 Å². The summed E-state index contributed by atoms with van der Waals surface area (Å²) in [5.74, 6) is 1.56. The zero-order chi connectivity index (χ0) is 13.7. The first-order valence-electron chi connectivity index (χ1n) is 7.07. The lowest BCUT2D eigenvalue weighted by molar-refractivity contribution is 0.154. The molecule has 6 nitrogen and oxygen atoms in total. The summed E-state index contributed by atoms with van der Waals surface area (Å²) in [4.78, 5) is 9.27. The molecular formula is C13H25N5O. The lowest BCUT2D eigenvalue weighted by Gasteiger charge is -2.31. The van der Waals surface area contributed by atoms with Crippen LogP contribution in [0.2, 0.25) is 0 Å². The van der Waals surface area contributed by atoms with Crippen molar-refractivity contribution in [1.29, 1.82) is 0 Å². The van der Waals surface area contributed by atoms with Crippen molar-refractivity contribution >= 4 is 0 Å². The Morgan fingerprint density at radius 3 is 2.74 bits per heavy atom. The van der Waals surface area contributed by atoms with Gasteiger partial charge in [-0.2, -0.15) is 4.98 Å². The first kappa shape index (κ1) is 14.4. The third kappa shape index (κ3) is 4.56. The first-order valence-corrected chi connectivity index (χ1v) is 7.07. The van der Waals surface area contributed by atoms with Crippen molar-refractivity contribution < 1.29 is 4.52 Å². The van der Waals surface area contributed by atoms with Crippen LogP contribution in [0, 0.1) is 0 Å². The molecule has 1 unspecified atom stereocenters. The molecule has 1 aromatic heterocycles. The van der Waals surface area contributed by atoms with Gasteiger partial charge in [0.1, 0.15) is 0 Å². The SMILES string of the molecule is CNC(C)Cc1nc(CCN2CCN(C)CC2)no1. The van der Waals surface area contributed by atoms with E-state index in [9.17, 15) is 0 Å². The summed E-state index contributed by atoms with van der Waals surface area (Å²) in [6.45, 7) is 7.70. The number of rotatable bonds is 6. The Kier molecular flexibility index (Phi) is 5.30. The quantitative estimate of drug-likeness (QED) is 0.783. The van der Waals surface area contributed by atoms with E-state index in [0.29, 0.717) is 6.04 Å². The van der Waals surface area contributed by atoms with Crippen molar-refractivity contribution in [2.45, 2.75) is 25.8 Å². The van der Waals surface area contributed by atoms with E-state index in [0.717, 1.165) is 57.3 Å². The molecule has 0 aliphatic carbocycles. The molecule has 2 heterocycles. The van der Waals surface area contributed by atoms with Crippen LogP contribution in [0.3, 0.4) is 0 Å². The van der Waals surface area contributed by atoms with Crippen molar-refractivity contribution in [3.05, 3.63) is 11.7 Å². The molecule has 0 spiro atoms. The van der Waals surface area contributed by atoms with E-state index in [1.54, 1.807) is 0 Å². The van der Waals surface area contributed by atoms with Gasteiger partial charge in [-0.1, -0.05) is 5.16 Å². The number of nitrogens with one attached hydrogen (secondary N) is 1. The van der Waals surface area contributed by atoms with Gasteiger partial charge in [-0.3, -0.25) is 0 Å². The first-order chi connectivity index (χ1) is 9.17. The van der Waals surface area contributed by atoms with Crippen molar-refractivity contribution in [3.8, 4) is 0 Å². The van der Waals surface area contributed by atoms with Crippen molar-refractivity contribution in [3.63, 3.8) is 0 Å². The standard InChI is InChI=1S/C13H25N5O/c1-11(14-2)10-13-15-12(16-19-13)4-5-18-8-6-17(3)7-9-18/h11,14H,4-10H2,1-3H3. The topological polar surface area (TPSA) is 57.4 Å². The van der Waals surface area contributed by atoms with Crippen LogP contribution in [0.25, 0.3) is 0 Å². The van der Waals surface area contributed by atoms with Crippen LogP contribution in [-0.4, -0.2) is 72.8 Å². The van der Waals surface area contributed by atoms with Crippen LogP contribution in [0.15, 0.2) is 4.52 Å². The second kappa shape index (κ2) is 6.98. The molecule has 1 N–H and O–H groups in total.